The molecule has 2 saturated heterocycles. The van der Waals surface area contributed by atoms with Crippen LogP contribution in [0.3, 0.4) is 0 Å². The molecule has 1 aromatic rings. The van der Waals surface area contributed by atoms with E-state index < -0.39 is 21.8 Å². The number of sulfone groups is 1. The number of rotatable bonds is 5. The molecule has 9 heteroatoms. The predicted molar refractivity (Wildman–Crippen MR) is 107 cm³/mol. The van der Waals surface area contributed by atoms with E-state index in [1.807, 2.05) is 4.90 Å². The van der Waals surface area contributed by atoms with Crippen LogP contribution in [0, 0.1) is 11.7 Å². The number of piperazine rings is 1. The van der Waals surface area contributed by atoms with E-state index in [1.165, 1.54) is 18.4 Å². The Hall–Kier alpha value is -2.00. The van der Waals surface area contributed by atoms with E-state index in [-0.39, 0.29) is 23.4 Å². The average Bonchev–Trinajstić information content (AvgIpc) is 2.67. The maximum Gasteiger partial charge on any atom is 0.228 e. The summed E-state index contributed by atoms with van der Waals surface area (Å²) in [6, 6.07) is 5.61. The molecule has 7 nitrogen and oxygen atoms in total. The lowest BCUT2D eigenvalue weighted by Crippen LogP contribution is -2.54. The Kier molecular flexibility index (Phi) is 6.58. The zero-order chi connectivity index (χ0) is 21.2. The van der Waals surface area contributed by atoms with Crippen LogP contribution in [0.2, 0.25) is 0 Å². The predicted octanol–water partition coefficient (Wildman–Crippen LogP) is 0.924. The summed E-state index contributed by atoms with van der Waals surface area (Å²) in [7, 11) is -1.35. The summed E-state index contributed by atoms with van der Waals surface area (Å²) in [5.41, 5.74) is 0.630. The monoisotopic (exact) mass is 425 g/mol. The van der Waals surface area contributed by atoms with E-state index in [2.05, 4.69) is 0 Å². The minimum absolute atomic E-state index is 0.0265. The van der Waals surface area contributed by atoms with E-state index in [9.17, 15) is 22.4 Å². The summed E-state index contributed by atoms with van der Waals surface area (Å²) in [4.78, 5) is 30.9. The molecule has 0 aliphatic carbocycles. The third-order valence-electron chi connectivity index (χ3n) is 5.83. The fourth-order valence-electron chi connectivity index (χ4n) is 4.16. The zero-order valence-corrected chi connectivity index (χ0v) is 17.7. The Labute approximate surface area is 171 Å². The van der Waals surface area contributed by atoms with Crippen LogP contribution < -0.4 is 0 Å². The Balaban J connectivity index is 1.69. The number of hydrogen-bond acceptors (Lipinski definition) is 5. The molecule has 3 rings (SSSR count). The van der Waals surface area contributed by atoms with Gasteiger partial charge in [-0.3, -0.25) is 14.5 Å². The summed E-state index contributed by atoms with van der Waals surface area (Å²) < 4.78 is 36.5. The van der Waals surface area contributed by atoms with Crippen LogP contribution in [0.15, 0.2) is 24.3 Å². The Bertz CT molecular complexity index is 868. The molecule has 2 aliphatic heterocycles. The van der Waals surface area contributed by atoms with Gasteiger partial charge in [-0.05, 0) is 24.1 Å². The Morgan fingerprint density at radius 3 is 2.52 bits per heavy atom. The van der Waals surface area contributed by atoms with Gasteiger partial charge in [-0.15, -0.1) is 0 Å². The molecule has 2 atom stereocenters. The van der Waals surface area contributed by atoms with Crippen LogP contribution in [0.1, 0.15) is 24.4 Å². The van der Waals surface area contributed by atoms with Crippen LogP contribution in [-0.4, -0.2) is 86.7 Å². The van der Waals surface area contributed by atoms with Gasteiger partial charge in [-0.2, -0.15) is 0 Å². The van der Waals surface area contributed by atoms with Crippen molar-refractivity contribution in [3.63, 3.8) is 0 Å². The van der Waals surface area contributed by atoms with Gasteiger partial charge in [0.2, 0.25) is 11.8 Å². The Morgan fingerprint density at radius 2 is 1.90 bits per heavy atom. The number of halogens is 1. The minimum Gasteiger partial charge on any atom is -0.340 e. The molecule has 0 spiro atoms. The number of hydrogen-bond donors (Lipinski definition) is 0. The van der Waals surface area contributed by atoms with Gasteiger partial charge in [0.05, 0.1) is 17.7 Å². The number of benzene rings is 1. The van der Waals surface area contributed by atoms with Crippen molar-refractivity contribution < 1.29 is 22.4 Å². The number of nitrogens with zero attached hydrogens (tertiary/aromatic N) is 3. The van der Waals surface area contributed by atoms with Crippen LogP contribution in [0.4, 0.5) is 4.39 Å². The van der Waals surface area contributed by atoms with Crippen LogP contribution in [0.25, 0.3) is 0 Å². The zero-order valence-electron chi connectivity index (χ0n) is 16.9. The standard InChI is InChI=1S/C20H28FN3O4S/c1-22-18(25)7-6-17(19(22)15-4-3-5-16(21)14-15)20(26)24-10-8-23(9-11-24)12-13-29(2,27)28/h3-5,14,17,19H,6-13H2,1-2H3. The van der Waals surface area contributed by atoms with Gasteiger partial charge in [-0.25, -0.2) is 12.8 Å². The molecule has 0 saturated carbocycles. The van der Waals surface area contributed by atoms with Crippen molar-refractivity contribution in [1.29, 1.82) is 0 Å². The molecular formula is C20H28FN3O4S. The number of carbonyl (C=O) groups excluding carboxylic acids is 2. The lowest BCUT2D eigenvalue weighted by molar-refractivity contribution is -0.147. The maximum absolute atomic E-state index is 13.8. The highest BCUT2D eigenvalue weighted by Gasteiger charge is 2.41. The fraction of sp³-hybridized carbons (Fsp3) is 0.600. The van der Waals surface area contributed by atoms with Crippen molar-refractivity contribution in [2.24, 2.45) is 5.92 Å². The number of amides is 2. The molecule has 0 radical (unpaired) electrons. The van der Waals surface area contributed by atoms with Crippen LogP contribution in [-0.2, 0) is 19.4 Å². The molecule has 0 N–H and O–H groups in total. The van der Waals surface area contributed by atoms with Crippen LogP contribution in [0.5, 0.6) is 0 Å². The fourth-order valence-corrected chi connectivity index (χ4v) is 4.75. The molecule has 2 unspecified atom stereocenters. The third kappa shape index (κ3) is 5.33. The highest BCUT2D eigenvalue weighted by Crippen LogP contribution is 2.37. The van der Waals surface area contributed by atoms with Gasteiger partial charge in [-0.1, -0.05) is 12.1 Å². The lowest BCUT2D eigenvalue weighted by atomic mass is 9.83. The summed E-state index contributed by atoms with van der Waals surface area (Å²) in [5.74, 6) is -0.769. The van der Waals surface area contributed by atoms with Crippen molar-refractivity contribution in [2.75, 3.05) is 51.8 Å². The largest absolute Gasteiger partial charge is 0.340 e. The highest BCUT2D eigenvalue weighted by molar-refractivity contribution is 7.90. The number of piperidine rings is 1. The summed E-state index contributed by atoms with van der Waals surface area (Å²) in [6.07, 6.45) is 1.96. The first-order valence-electron chi connectivity index (χ1n) is 9.86. The second-order valence-electron chi connectivity index (χ2n) is 7.95. The second-order valence-corrected chi connectivity index (χ2v) is 10.2. The van der Waals surface area contributed by atoms with E-state index in [1.54, 1.807) is 29.0 Å². The third-order valence-corrected chi connectivity index (χ3v) is 6.75. The average molecular weight is 426 g/mol. The Morgan fingerprint density at radius 1 is 1.21 bits per heavy atom. The van der Waals surface area contributed by atoms with Gasteiger partial charge < -0.3 is 9.80 Å². The van der Waals surface area contributed by atoms with Gasteiger partial charge in [0.1, 0.15) is 15.7 Å². The summed E-state index contributed by atoms with van der Waals surface area (Å²) >= 11 is 0. The minimum atomic E-state index is -3.01. The molecule has 29 heavy (non-hydrogen) atoms. The number of carbonyl (C=O) groups is 2. The molecule has 2 fully saturated rings. The topological polar surface area (TPSA) is 78.0 Å². The first kappa shape index (κ1) is 21.7. The van der Waals surface area contributed by atoms with Gasteiger partial charge in [0.25, 0.3) is 0 Å². The van der Waals surface area contributed by atoms with E-state index in [4.69, 9.17) is 0 Å². The normalized spacial score (nSPS) is 24.0. The van der Waals surface area contributed by atoms with Crippen molar-refractivity contribution in [3.05, 3.63) is 35.6 Å². The summed E-state index contributed by atoms with van der Waals surface area (Å²) in [5, 5.41) is 0. The van der Waals surface area contributed by atoms with Crippen molar-refractivity contribution in [2.45, 2.75) is 18.9 Å². The van der Waals surface area contributed by atoms with E-state index in [0.717, 1.165) is 0 Å². The van der Waals surface area contributed by atoms with Crippen molar-refractivity contribution in [3.8, 4) is 0 Å². The summed E-state index contributed by atoms with van der Waals surface area (Å²) in [6.45, 7) is 2.74. The molecule has 2 amide bonds. The molecule has 160 valence electrons. The van der Waals surface area contributed by atoms with Gasteiger partial charge in [0, 0.05) is 52.4 Å². The second kappa shape index (κ2) is 8.79. The maximum atomic E-state index is 13.8. The first-order chi connectivity index (χ1) is 13.7. The molecule has 2 heterocycles. The molecule has 0 bridgehead atoms. The smallest absolute Gasteiger partial charge is 0.228 e. The lowest BCUT2D eigenvalue weighted by Gasteiger charge is -2.42. The van der Waals surface area contributed by atoms with E-state index >= 15 is 0 Å². The van der Waals surface area contributed by atoms with E-state index in [0.29, 0.717) is 51.1 Å². The van der Waals surface area contributed by atoms with Gasteiger partial charge in [0.15, 0.2) is 0 Å². The number of likely N-dealkylation sites (tertiary alicyclic amines) is 1. The van der Waals surface area contributed by atoms with Crippen LogP contribution >= 0.6 is 0 Å². The quantitative estimate of drug-likeness (QED) is 0.701. The molecular weight excluding hydrogens is 397 g/mol. The SMILES string of the molecule is CN1C(=O)CCC(C(=O)N2CCN(CCS(C)(=O)=O)CC2)C1c1cccc(F)c1. The molecule has 1 aromatic carbocycles. The van der Waals surface area contributed by atoms with Crippen molar-refractivity contribution in [1.82, 2.24) is 14.7 Å². The molecule has 2 aliphatic rings. The van der Waals surface area contributed by atoms with Crippen molar-refractivity contribution >= 4 is 21.7 Å². The first-order valence-corrected chi connectivity index (χ1v) is 11.9. The highest BCUT2D eigenvalue weighted by atomic mass is 32.2. The molecule has 0 aromatic heterocycles. The van der Waals surface area contributed by atoms with Gasteiger partial charge >= 0.3 is 0 Å².